The molecule has 1 amide bonds. The number of nitrogens with zero attached hydrogens (tertiary/aromatic N) is 5. The van der Waals surface area contributed by atoms with Crippen molar-refractivity contribution in [3.63, 3.8) is 0 Å². The largest absolute Gasteiger partial charge is 0.340 e. The molecule has 2 aromatic heterocycles. The standard InChI is InChI=1S/C22H25FN6O/c1-28(15-17-10-4-5-11-18(17)23)22-27-26-20(29(22)14-16-8-2-3-9-16)21(30)25-19-12-6-7-13-24-19/h4-7,10-13,16H,2-3,8-9,14-15H2,1H3,(H,24,25,30). The maximum atomic E-state index is 14.1. The van der Waals surface area contributed by atoms with E-state index in [0.29, 0.717) is 36.3 Å². The van der Waals surface area contributed by atoms with Crippen molar-refractivity contribution >= 4 is 17.7 Å². The molecule has 0 atom stereocenters. The highest BCUT2D eigenvalue weighted by Gasteiger charge is 2.25. The first-order chi connectivity index (χ1) is 14.6. The molecule has 7 nitrogen and oxygen atoms in total. The summed E-state index contributed by atoms with van der Waals surface area (Å²) in [5.41, 5.74) is 0.565. The van der Waals surface area contributed by atoms with Crippen LogP contribution in [0.25, 0.3) is 0 Å². The quantitative estimate of drug-likeness (QED) is 0.642. The number of amides is 1. The highest BCUT2D eigenvalue weighted by molar-refractivity contribution is 6.01. The van der Waals surface area contributed by atoms with Gasteiger partial charge in [-0.2, -0.15) is 0 Å². The second kappa shape index (κ2) is 9.02. The molecule has 0 radical (unpaired) electrons. The maximum absolute atomic E-state index is 14.1. The van der Waals surface area contributed by atoms with Crippen LogP contribution in [0, 0.1) is 11.7 Å². The summed E-state index contributed by atoms with van der Waals surface area (Å²) in [4.78, 5) is 18.9. The van der Waals surface area contributed by atoms with Crippen molar-refractivity contribution in [1.82, 2.24) is 19.7 Å². The lowest BCUT2D eigenvalue weighted by molar-refractivity contribution is 0.101. The smallest absolute Gasteiger partial charge is 0.294 e. The second-order valence-electron chi connectivity index (χ2n) is 7.70. The Morgan fingerprint density at radius 1 is 1.17 bits per heavy atom. The van der Waals surface area contributed by atoms with Crippen LogP contribution < -0.4 is 10.2 Å². The van der Waals surface area contributed by atoms with Gasteiger partial charge in [-0.3, -0.25) is 9.36 Å². The minimum absolute atomic E-state index is 0.239. The first-order valence-corrected chi connectivity index (χ1v) is 10.2. The third kappa shape index (κ3) is 4.48. The van der Waals surface area contributed by atoms with E-state index in [1.165, 1.54) is 18.9 Å². The van der Waals surface area contributed by atoms with Gasteiger partial charge in [0.1, 0.15) is 11.6 Å². The molecule has 156 valence electrons. The van der Waals surface area contributed by atoms with Gasteiger partial charge in [-0.1, -0.05) is 37.1 Å². The Labute approximate surface area is 175 Å². The molecule has 3 aromatic rings. The van der Waals surface area contributed by atoms with Gasteiger partial charge >= 0.3 is 0 Å². The van der Waals surface area contributed by atoms with Gasteiger partial charge in [0.15, 0.2) is 0 Å². The van der Waals surface area contributed by atoms with E-state index >= 15 is 0 Å². The van der Waals surface area contributed by atoms with Crippen LogP contribution in [0.3, 0.4) is 0 Å². The summed E-state index contributed by atoms with van der Waals surface area (Å²) in [5, 5.41) is 11.2. The van der Waals surface area contributed by atoms with E-state index in [4.69, 9.17) is 0 Å². The lowest BCUT2D eigenvalue weighted by Gasteiger charge is -2.21. The molecule has 2 heterocycles. The molecule has 4 rings (SSSR count). The summed E-state index contributed by atoms with van der Waals surface area (Å²) < 4.78 is 16.0. The first-order valence-electron chi connectivity index (χ1n) is 10.2. The fourth-order valence-electron chi connectivity index (χ4n) is 3.93. The van der Waals surface area contributed by atoms with E-state index in [0.717, 1.165) is 12.8 Å². The number of halogens is 1. The molecule has 0 aliphatic heterocycles. The van der Waals surface area contributed by atoms with Gasteiger partial charge < -0.3 is 10.2 Å². The summed E-state index contributed by atoms with van der Waals surface area (Å²) in [6, 6.07) is 12.0. The molecule has 1 aliphatic carbocycles. The molecule has 0 saturated heterocycles. The molecule has 0 bridgehead atoms. The molecule has 1 aromatic carbocycles. The lowest BCUT2D eigenvalue weighted by Crippen LogP contribution is -2.26. The number of benzene rings is 1. The van der Waals surface area contributed by atoms with E-state index in [9.17, 15) is 9.18 Å². The molecular formula is C22H25FN6O. The van der Waals surface area contributed by atoms with Crippen LogP contribution in [0.4, 0.5) is 16.2 Å². The predicted octanol–water partition coefficient (Wildman–Crippen LogP) is 3.89. The number of aromatic nitrogens is 4. The first kappa shape index (κ1) is 20.0. The minimum atomic E-state index is -0.357. The molecule has 30 heavy (non-hydrogen) atoms. The highest BCUT2D eigenvalue weighted by Crippen LogP contribution is 2.28. The molecule has 1 aliphatic rings. The van der Waals surface area contributed by atoms with Crippen LogP contribution in [0.2, 0.25) is 0 Å². The minimum Gasteiger partial charge on any atom is -0.340 e. The lowest BCUT2D eigenvalue weighted by atomic mass is 10.1. The Morgan fingerprint density at radius 2 is 1.93 bits per heavy atom. The van der Waals surface area contributed by atoms with E-state index in [-0.39, 0.29) is 17.5 Å². The molecule has 0 unspecified atom stereocenters. The van der Waals surface area contributed by atoms with Crippen molar-refractivity contribution in [3.8, 4) is 0 Å². The third-order valence-corrected chi connectivity index (χ3v) is 5.46. The zero-order chi connectivity index (χ0) is 20.9. The summed E-state index contributed by atoms with van der Waals surface area (Å²) >= 11 is 0. The molecule has 8 heteroatoms. The predicted molar refractivity (Wildman–Crippen MR) is 113 cm³/mol. The SMILES string of the molecule is CN(Cc1ccccc1F)c1nnc(C(=O)Nc2ccccn2)n1CC1CCCC1. The van der Waals surface area contributed by atoms with Crippen molar-refractivity contribution in [1.29, 1.82) is 0 Å². The van der Waals surface area contributed by atoms with Crippen LogP contribution in [0.5, 0.6) is 0 Å². The van der Waals surface area contributed by atoms with Gasteiger partial charge in [-0.05, 0) is 37.0 Å². The number of hydrogen-bond acceptors (Lipinski definition) is 5. The van der Waals surface area contributed by atoms with Gasteiger partial charge in [0.05, 0.1) is 0 Å². The normalized spacial score (nSPS) is 14.1. The Kier molecular flexibility index (Phi) is 6.02. The van der Waals surface area contributed by atoms with Crippen LogP contribution in [0.15, 0.2) is 48.7 Å². The van der Waals surface area contributed by atoms with Crippen molar-refractivity contribution in [3.05, 3.63) is 65.9 Å². The number of anilines is 2. The van der Waals surface area contributed by atoms with E-state index in [1.807, 2.05) is 16.5 Å². The Bertz CT molecular complexity index is 1000. The zero-order valence-corrected chi connectivity index (χ0v) is 17.0. The number of pyridine rings is 1. The zero-order valence-electron chi connectivity index (χ0n) is 17.0. The maximum Gasteiger partial charge on any atom is 0.294 e. The number of carbonyl (C=O) groups is 1. The summed E-state index contributed by atoms with van der Waals surface area (Å²) in [5.74, 6) is 1.10. The van der Waals surface area contributed by atoms with Crippen LogP contribution in [0.1, 0.15) is 41.9 Å². The second-order valence-corrected chi connectivity index (χ2v) is 7.70. The number of carbonyl (C=O) groups excluding carboxylic acids is 1. The molecule has 1 fully saturated rings. The summed E-state index contributed by atoms with van der Waals surface area (Å²) in [6.07, 6.45) is 6.25. The molecule has 1 N–H and O–H groups in total. The number of hydrogen-bond donors (Lipinski definition) is 1. The van der Waals surface area contributed by atoms with E-state index in [2.05, 4.69) is 20.5 Å². The molecule has 1 saturated carbocycles. The Hall–Kier alpha value is -3.29. The van der Waals surface area contributed by atoms with Gasteiger partial charge in [-0.15, -0.1) is 10.2 Å². The van der Waals surface area contributed by atoms with E-state index in [1.54, 1.807) is 42.6 Å². The average molecular weight is 408 g/mol. The molecular weight excluding hydrogens is 383 g/mol. The van der Waals surface area contributed by atoms with Crippen LogP contribution in [-0.4, -0.2) is 32.7 Å². The number of rotatable bonds is 7. The van der Waals surface area contributed by atoms with E-state index < -0.39 is 0 Å². The van der Waals surface area contributed by atoms with Gasteiger partial charge in [-0.25, -0.2) is 9.37 Å². The Morgan fingerprint density at radius 3 is 2.67 bits per heavy atom. The fourth-order valence-corrected chi connectivity index (χ4v) is 3.93. The number of nitrogens with one attached hydrogen (secondary N) is 1. The van der Waals surface area contributed by atoms with Crippen LogP contribution in [-0.2, 0) is 13.1 Å². The van der Waals surface area contributed by atoms with Crippen molar-refractivity contribution in [2.75, 3.05) is 17.3 Å². The van der Waals surface area contributed by atoms with Crippen molar-refractivity contribution in [2.24, 2.45) is 5.92 Å². The third-order valence-electron chi connectivity index (χ3n) is 5.46. The van der Waals surface area contributed by atoms with Crippen LogP contribution >= 0.6 is 0 Å². The monoisotopic (exact) mass is 408 g/mol. The fraction of sp³-hybridized carbons (Fsp3) is 0.364. The summed E-state index contributed by atoms with van der Waals surface area (Å²) in [7, 11) is 1.84. The van der Waals surface area contributed by atoms with Crippen molar-refractivity contribution < 1.29 is 9.18 Å². The van der Waals surface area contributed by atoms with Gasteiger partial charge in [0.25, 0.3) is 5.91 Å². The average Bonchev–Trinajstić information content (AvgIpc) is 3.41. The van der Waals surface area contributed by atoms with Crippen molar-refractivity contribution in [2.45, 2.75) is 38.8 Å². The van der Waals surface area contributed by atoms with Gasteiger partial charge in [0, 0.05) is 31.9 Å². The summed E-state index contributed by atoms with van der Waals surface area (Å²) in [6.45, 7) is 0.992. The highest BCUT2D eigenvalue weighted by atomic mass is 19.1. The van der Waals surface area contributed by atoms with Gasteiger partial charge in [0.2, 0.25) is 11.8 Å². The topological polar surface area (TPSA) is 75.9 Å². The molecule has 0 spiro atoms. The Balaban J connectivity index is 1.61.